The molecule has 1 aliphatic rings. The molecule has 6 nitrogen and oxygen atoms in total. The van der Waals surface area contributed by atoms with Crippen LogP contribution in [0.25, 0.3) is 0 Å². The molecule has 0 saturated carbocycles. The maximum atomic E-state index is 12.4. The van der Waals surface area contributed by atoms with E-state index in [4.69, 9.17) is 9.47 Å². The van der Waals surface area contributed by atoms with E-state index < -0.39 is 0 Å². The van der Waals surface area contributed by atoms with Crippen LogP contribution in [0.1, 0.15) is 40.5 Å². The summed E-state index contributed by atoms with van der Waals surface area (Å²) in [4.78, 5) is 24.6. The first-order valence-electron chi connectivity index (χ1n) is 9.20. The standard InChI is InChI=1S/C21H24N2O4/c1-2-26-18-6-3-5-16(13-18)21(25)23-17-10-8-15(9-11-17)20(24)22-14-19-7-4-12-27-19/h3,5-6,8-11,13,19H,2,4,7,12,14H2,1H3,(H,22,24)(H,23,25)/t19-/m0/s1. The second-order valence-corrected chi connectivity index (χ2v) is 6.34. The number of anilines is 1. The Bertz CT molecular complexity index is 783. The molecule has 0 unspecified atom stereocenters. The molecular weight excluding hydrogens is 344 g/mol. The molecule has 3 rings (SSSR count). The molecule has 2 amide bonds. The number of rotatable bonds is 7. The zero-order chi connectivity index (χ0) is 19.1. The highest BCUT2D eigenvalue weighted by Gasteiger charge is 2.16. The third-order valence-electron chi connectivity index (χ3n) is 4.33. The van der Waals surface area contributed by atoms with Crippen LogP contribution in [0, 0.1) is 0 Å². The minimum Gasteiger partial charge on any atom is -0.494 e. The van der Waals surface area contributed by atoms with E-state index in [-0.39, 0.29) is 17.9 Å². The Kier molecular flexibility index (Phi) is 6.44. The Morgan fingerprint density at radius 2 is 1.93 bits per heavy atom. The summed E-state index contributed by atoms with van der Waals surface area (Å²) < 4.78 is 10.9. The number of carbonyl (C=O) groups is 2. The molecule has 0 aliphatic carbocycles. The second-order valence-electron chi connectivity index (χ2n) is 6.34. The molecule has 142 valence electrons. The molecule has 27 heavy (non-hydrogen) atoms. The van der Waals surface area contributed by atoms with E-state index in [9.17, 15) is 9.59 Å². The molecule has 0 bridgehead atoms. The van der Waals surface area contributed by atoms with E-state index in [1.807, 2.05) is 13.0 Å². The third kappa shape index (κ3) is 5.31. The van der Waals surface area contributed by atoms with Crippen molar-refractivity contribution in [2.75, 3.05) is 25.1 Å². The Morgan fingerprint density at radius 1 is 1.11 bits per heavy atom. The molecule has 2 aromatic rings. The van der Waals surface area contributed by atoms with Gasteiger partial charge in [0, 0.05) is 30.0 Å². The van der Waals surface area contributed by atoms with Crippen molar-refractivity contribution in [3.63, 3.8) is 0 Å². The van der Waals surface area contributed by atoms with E-state index in [0.717, 1.165) is 19.4 Å². The maximum absolute atomic E-state index is 12.4. The van der Waals surface area contributed by atoms with Crippen molar-refractivity contribution in [3.8, 4) is 5.75 Å². The highest BCUT2D eigenvalue weighted by atomic mass is 16.5. The van der Waals surface area contributed by atoms with Gasteiger partial charge < -0.3 is 20.1 Å². The van der Waals surface area contributed by atoms with E-state index in [2.05, 4.69) is 10.6 Å². The summed E-state index contributed by atoms with van der Waals surface area (Å²) in [6.45, 7) is 3.72. The van der Waals surface area contributed by atoms with Crippen LogP contribution < -0.4 is 15.4 Å². The van der Waals surface area contributed by atoms with E-state index in [1.54, 1.807) is 42.5 Å². The highest BCUT2D eigenvalue weighted by molar-refractivity contribution is 6.04. The molecule has 1 heterocycles. The lowest BCUT2D eigenvalue weighted by molar-refractivity contribution is 0.0857. The van der Waals surface area contributed by atoms with Gasteiger partial charge in [0.25, 0.3) is 11.8 Å². The summed E-state index contributed by atoms with van der Waals surface area (Å²) in [6, 6.07) is 13.8. The lowest BCUT2D eigenvalue weighted by Crippen LogP contribution is -2.31. The maximum Gasteiger partial charge on any atom is 0.255 e. The third-order valence-corrected chi connectivity index (χ3v) is 4.33. The van der Waals surface area contributed by atoms with Gasteiger partial charge >= 0.3 is 0 Å². The summed E-state index contributed by atoms with van der Waals surface area (Å²) in [5.41, 5.74) is 1.68. The van der Waals surface area contributed by atoms with Crippen LogP contribution in [0.15, 0.2) is 48.5 Å². The van der Waals surface area contributed by atoms with Crippen LogP contribution in [-0.2, 0) is 4.74 Å². The fourth-order valence-corrected chi connectivity index (χ4v) is 2.92. The van der Waals surface area contributed by atoms with Gasteiger partial charge in [-0.1, -0.05) is 6.07 Å². The van der Waals surface area contributed by atoms with Gasteiger partial charge in [-0.2, -0.15) is 0 Å². The summed E-state index contributed by atoms with van der Waals surface area (Å²) in [5, 5.41) is 5.70. The summed E-state index contributed by atoms with van der Waals surface area (Å²) >= 11 is 0. The Labute approximate surface area is 158 Å². The van der Waals surface area contributed by atoms with Gasteiger partial charge in [0.05, 0.1) is 12.7 Å². The highest BCUT2D eigenvalue weighted by Crippen LogP contribution is 2.16. The molecule has 6 heteroatoms. The van der Waals surface area contributed by atoms with Gasteiger partial charge in [0.15, 0.2) is 0 Å². The Balaban J connectivity index is 1.55. The summed E-state index contributed by atoms with van der Waals surface area (Å²) in [7, 11) is 0. The van der Waals surface area contributed by atoms with E-state index in [1.165, 1.54) is 0 Å². The SMILES string of the molecule is CCOc1cccc(C(=O)Nc2ccc(C(=O)NC[C@@H]3CCCO3)cc2)c1. The van der Waals surface area contributed by atoms with Crippen molar-refractivity contribution in [2.24, 2.45) is 0 Å². The first-order chi connectivity index (χ1) is 13.2. The smallest absolute Gasteiger partial charge is 0.255 e. The predicted molar refractivity (Wildman–Crippen MR) is 103 cm³/mol. The molecule has 0 radical (unpaired) electrons. The van der Waals surface area contributed by atoms with Gasteiger partial charge in [-0.05, 0) is 62.2 Å². The molecular formula is C21H24N2O4. The molecule has 1 aliphatic heterocycles. The number of amides is 2. The van der Waals surface area contributed by atoms with Crippen LogP contribution in [0.3, 0.4) is 0 Å². The van der Waals surface area contributed by atoms with Crippen LogP contribution >= 0.6 is 0 Å². The summed E-state index contributed by atoms with van der Waals surface area (Å²) in [6.07, 6.45) is 2.14. The number of ether oxygens (including phenoxy) is 2. The first kappa shape index (κ1) is 18.9. The quantitative estimate of drug-likeness (QED) is 0.787. The van der Waals surface area contributed by atoms with E-state index in [0.29, 0.717) is 35.7 Å². The molecule has 1 atom stereocenters. The van der Waals surface area contributed by atoms with Crippen molar-refractivity contribution in [1.29, 1.82) is 0 Å². The molecule has 0 aromatic heterocycles. The zero-order valence-corrected chi connectivity index (χ0v) is 15.4. The van der Waals surface area contributed by atoms with Crippen molar-refractivity contribution in [2.45, 2.75) is 25.9 Å². The molecule has 2 N–H and O–H groups in total. The van der Waals surface area contributed by atoms with Crippen molar-refractivity contribution >= 4 is 17.5 Å². The largest absolute Gasteiger partial charge is 0.494 e. The predicted octanol–water partition coefficient (Wildman–Crippen LogP) is 3.25. The van der Waals surface area contributed by atoms with Crippen LogP contribution in [0.2, 0.25) is 0 Å². The van der Waals surface area contributed by atoms with Crippen molar-refractivity contribution < 1.29 is 19.1 Å². The van der Waals surface area contributed by atoms with Crippen LogP contribution in [-0.4, -0.2) is 37.7 Å². The molecule has 0 spiro atoms. The summed E-state index contributed by atoms with van der Waals surface area (Å²) in [5.74, 6) is 0.281. The Hall–Kier alpha value is -2.86. The normalized spacial score (nSPS) is 16.0. The second kappa shape index (κ2) is 9.19. The molecule has 1 fully saturated rings. The van der Waals surface area contributed by atoms with Gasteiger partial charge in [-0.25, -0.2) is 0 Å². The topological polar surface area (TPSA) is 76.7 Å². The van der Waals surface area contributed by atoms with Crippen molar-refractivity contribution in [1.82, 2.24) is 5.32 Å². The minimum atomic E-state index is -0.230. The Morgan fingerprint density at radius 3 is 2.63 bits per heavy atom. The first-order valence-corrected chi connectivity index (χ1v) is 9.20. The lowest BCUT2D eigenvalue weighted by atomic mass is 10.1. The fraction of sp³-hybridized carbons (Fsp3) is 0.333. The number of hydrogen-bond donors (Lipinski definition) is 2. The number of carbonyl (C=O) groups excluding carboxylic acids is 2. The molecule has 1 saturated heterocycles. The number of nitrogens with one attached hydrogen (secondary N) is 2. The average molecular weight is 368 g/mol. The van der Waals surface area contributed by atoms with Gasteiger partial charge in [-0.3, -0.25) is 9.59 Å². The monoisotopic (exact) mass is 368 g/mol. The minimum absolute atomic E-state index is 0.111. The van der Waals surface area contributed by atoms with Gasteiger partial charge in [0.2, 0.25) is 0 Å². The average Bonchev–Trinajstić information content (AvgIpc) is 3.21. The van der Waals surface area contributed by atoms with E-state index >= 15 is 0 Å². The van der Waals surface area contributed by atoms with Gasteiger partial charge in [0.1, 0.15) is 5.75 Å². The lowest BCUT2D eigenvalue weighted by Gasteiger charge is -2.11. The van der Waals surface area contributed by atoms with Crippen LogP contribution in [0.4, 0.5) is 5.69 Å². The van der Waals surface area contributed by atoms with Crippen LogP contribution in [0.5, 0.6) is 5.75 Å². The fourth-order valence-electron chi connectivity index (χ4n) is 2.92. The van der Waals surface area contributed by atoms with Gasteiger partial charge in [-0.15, -0.1) is 0 Å². The zero-order valence-electron chi connectivity index (χ0n) is 15.4. The van der Waals surface area contributed by atoms with Crippen molar-refractivity contribution in [3.05, 3.63) is 59.7 Å². The molecule has 2 aromatic carbocycles. The number of benzene rings is 2. The number of hydrogen-bond acceptors (Lipinski definition) is 4.